The number of nitrogens with zero attached hydrogens (tertiary/aromatic N) is 1. The summed E-state index contributed by atoms with van der Waals surface area (Å²) in [7, 11) is 1.58. The number of halogens is 1. The number of carbonyl (C=O) groups excluding carboxylic acids is 1. The Morgan fingerprint density at radius 2 is 2.10 bits per heavy atom. The van der Waals surface area contributed by atoms with Gasteiger partial charge in [0.25, 0.3) is 0 Å². The highest BCUT2D eigenvalue weighted by Gasteiger charge is 2.20. The van der Waals surface area contributed by atoms with Crippen molar-refractivity contribution < 1.29 is 14.7 Å². The van der Waals surface area contributed by atoms with Gasteiger partial charge in [0.2, 0.25) is 0 Å². The highest BCUT2D eigenvalue weighted by atomic mass is 35.5. The maximum absolute atomic E-state index is 12.1. The number of carbonyl (C=O) groups is 2. The van der Waals surface area contributed by atoms with Crippen molar-refractivity contribution in [1.82, 2.24) is 10.2 Å². The summed E-state index contributed by atoms with van der Waals surface area (Å²) in [6.45, 7) is 3.69. The standard InChI is InChI=1S/C15H21ClN2O3/c1-4-13(11-6-5-7-12(16)8-11)17-15(21)18(3)9-10(2)14(19)20/h5-8,10,13H,4,9H2,1-3H3,(H,17,21)(H,19,20). The van der Waals surface area contributed by atoms with Crippen LogP contribution in [-0.2, 0) is 4.79 Å². The van der Waals surface area contributed by atoms with E-state index in [1.807, 2.05) is 25.1 Å². The fraction of sp³-hybridized carbons (Fsp3) is 0.467. The van der Waals surface area contributed by atoms with Crippen molar-refractivity contribution in [3.05, 3.63) is 34.9 Å². The van der Waals surface area contributed by atoms with Crippen LogP contribution in [0.3, 0.4) is 0 Å². The van der Waals surface area contributed by atoms with Crippen LogP contribution in [0.5, 0.6) is 0 Å². The molecule has 21 heavy (non-hydrogen) atoms. The number of rotatable bonds is 6. The van der Waals surface area contributed by atoms with Gasteiger partial charge in [-0.05, 0) is 24.1 Å². The van der Waals surface area contributed by atoms with Gasteiger partial charge in [-0.15, -0.1) is 0 Å². The predicted molar refractivity (Wildman–Crippen MR) is 82.4 cm³/mol. The number of hydrogen-bond acceptors (Lipinski definition) is 2. The molecule has 0 aliphatic carbocycles. The number of nitrogens with one attached hydrogen (secondary N) is 1. The molecule has 0 bridgehead atoms. The molecular weight excluding hydrogens is 292 g/mol. The molecule has 2 unspecified atom stereocenters. The van der Waals surface area contributed by atoms with E-state index in [-0.39, 0.29) is 18.6 Å². The third-order valence-corrected chi connectivity index (χ3v) is 3.51. The van der Waals surface area contributed by atoms with Crippen LogP contribution in [-0.4, -0.2) is 35.6 Å². The van der Waals surface area contributed by atoms with Crippen LogP contribution in [0.25, 0.3) is 0 Å². The number of amides is 2. The number of hydrogen-bond donors (Lipinski definition) is 2. The third kappa shape index (κ3) is 5.27. The zero-order valence-electron chi connectivity index (χ0n) is 12.5. The van der Waals surface area contributed by atoms with Crippen LogP contribution in [0.15, 0.2) is 24.3 Å². The van der Waals surface area contributed by atoms with E-state index in [1.54, 1.807) is 20.0 Å². The quantitative estimate of drug-likeness (QED) is 0.847. The summed E-state index contributed by atoms with van der Waals surface area (Å²) < 4.78 is 0. The molecule has 5 nitrogen and oxygen atoms in total. The predicted octanol–water partition coefficient (Wildman–Crippen LogP) is 3.15. The first-order valence-corrected chi connectivity index (χ1v) is 7.22. The minimum Gasteiger partial charge on any atom is -0.481 e. The Kier molecular flexibility index (Phi) is 6.49. The highest BCUT2D eigenvalue weighted by Crippen LogP contribution is 2.20. The van der Waals surface area contributed by atoms with Crippen LogP contribution in [0, 0.1) is 5.92 Å². The lowest BCUT2D eigenvalue weighted by Crippen LogP contribution is -2.42. The fourth-order valence-electron chi connectivity index (χ4n) is 1.98. The van der Waals surface area contributed by atoms with E-state index in [4.69, 9.17) is 16.7 Å². The van der Waals surface area contributed by atoms with Gasteiger partial charge in [-0.25, -0.2) is 4.79 Å². The largest absolute Gasteiger partial charge is 0.481 e. The third-order valence-electron chi connectivity index (χ3n) is 3.27. The van der Waals surface area contributed by atoms with E-state index in [0.717, 1.165) is 5.56 Å². The molecule has 0 saturated carbocycles. The summed E-state index contributed by atoms with van der Waals surface area (Å²) >= 11 is 5.96. The molecule has 0 heterocycles. The zero-order valence-corrected chi connectivity index (χ0v) is 13.2. The monoisotopic (exact) mass is 312 g/mol. The summed E-state index contributed by atoms with van der Waals surface area (Å²) in [5, 5.41) is 12.4. The summed E-state index contributed by atoms with van der Waals surface area (Å²) in [5.74, 6) is -1.52. The van der Waals surface area contributed by atoms with Crippen LogP contribution in [0.4, 0.5) is 4.79 Å². The van der Waals surface area contributed by atoms with Gasteiger partial charge in [0.1, 0.15) is 0 Å². The van der Waals surface area contributed by atoms with Crippen molar-refractivity contribution in [2.75, 3.05) is 13.6 Å². The second-order valence-electron chi connectivity index (χ2n) is 5.09. The molecule has 2 amide bonds. The molecule has 0 aromatic heterocycles. The SMILES string of the molecule is CCC(NC(=O)N(C)CC(C)C(=O)O)c1cccc(Cl)c1. The molecule has 0 saturated heterocycles. The van der Waals surface area contributed by atoms with E-state index in [9.17, 15) is 9.59 Å². The maximum atomic E-state index is 12.1. The van der Waals surface area contributed by atoms with Crippen molar-refractivity contribution in [2.24, 2.45) is 5.92 Å². The van der Waals surface area contributed by atoms with Gasteiger partial charge in [0, 0.05) is 18.6 Å². The molecule has 2 N–H and O–H groups in total. The Hall–Kier alpha value is -1.75. The molecule has 1 rings (SSSR count). The Morgan fingerprint density at radius 3 is 2.62 bits per heavy atom. The summed E-state index contributed by atoms with van der Waals surface area (Å²) in [6.07, 6.45) is 0.717. The molecule has 6 heteroatoms. The Labute approximate surface area is 129 Å². The molecule has 0 radical (unpaired) electrons. The first kappa shape index (κ1) is 17.3. The van der Waals surface area contributed by atoms with E-state index >= 15 is 0 Å². The van der Waals surface area contributed by atoms with E-state index < -0.39 is 11.9 Å². The van der Waals surface area contributed by atoms with Crippen LogP contribution in [0.1, 0.15) is 31.9 Å². The number of carboxylic acids is 1. The second-order valence-corrected chi connectivity index (χ2v) is 5.52. The lowest BCUT2D eigenvalue weighted by molar-refractivity contribution is -0.141. The number of benzene rings is 1. The normalized spacial score (nSPS) is 13.3. The van der Waals surface area contributed by atoms with Gasteiger partial charge >= 0.3 is 12.0 Å². The Morgan fingerprint density at radius 1 is 1.43 bits per heavy atom. The van der Waals surface area contributed by atoms with Crippen LogP contribution < -0.4 is 5.32 Å². The molecule has 2 atom stereocenters. The maximum Gasteiger partial charge on any atom is 0.317 e. The van der Waals surface area contributed by atoms with E-state index in [1.165, 1.54) is 4.90 Å². The van der Waals surface area contributed by atoms with Crippen molar-refractivity contribution in [3.8, 4) is 0 Å². The molecule has 1 aromatic carbocycles. The van der Waals surface area contributed by atoms with Crippen molar-refractivity contribution >= 4 is 23.6 Å². The molecule has 0 aliphatic heterocycles. The summed E-state index contributed by atoms with van der Waals surface area (Å²) in [5.41, 5.74) is 0.929. The van der Waals surface area contributed by atoms with Crippen LogP contribution in [0.2, 0.25) is 5.02 Å². The number of aliphatic carboxylic acids is 1. The van der Waals surface area contributed by atoms with Gasteiger partial charge in [-0.3, -0.25) is 4.79 Å². The minimum atomic E-state index is -0.920. The zero-order chi connectivity index (χ0) is 16.0. The van der Waals surface area contributed by atoms with Crippen LogP contribution >= 0.6 is 11.6 Å². The first-order valence-electron chi connectivity index (χ1n) is 6.85. The minimum absolute atomic E-state index is 0.154. The number of carboxylic acid groups (broad SMARTS) is 1. The van der Waals surface area contributed by atoms with Gasteiger partial charge < -0.3 is 15.3 Å². The molecule has 0 spiro atoms. The van der Waals surface area contributed by atoms with Gasteiger partial charge in [0.15, 0.2) is 0 Å². The van der Waals surface area contributed by atoms with Crippen molar-refractivity contribution in [3.63, 3.8) is 0 Å². The van der Waals surface area contributed by atoms with E-state index in [0.29, 0.717) is 11.4 Å². The second kappa shape index (κ2) is 7.88. The fourth-order valence-corrected chi connectivity index (χ4v) is 2.17. The molecular formula is C15H21ClN2O3. The Balaban J connectivity index is 2.68. The van der Waals surface area contributed by atoms with Crippen molar-refractivity contribution in [2.45, 2.75) is 26.3 Å². The average Bonchev–Trinajstić information content (AvgIpc) is 2.44. The molecule has 0 aliphatic rings. The topological polar surface area (TPSA) is 69.6 Å². The molecule has 116 valence electrons. The number of urea groups is 1. The van der Waals surface area contributed by atoms with Gasteiger partial charge in [0.05, 0.1) is 12.0 Å². The lowest BCUT2D eigenvalue weighted by Gasteiger charge is -2.24. The van der Waals surface area contributed by atoms with Gasteiger partial charge in [-0.1, -0.05) is 37.6 Å². The highest BCUT2D eigenvalue weighted by molar-refractivity contribution is 6.30. The van der Waals surface area contributed by atoms with Gasteiger partial charge in [-0.2, -0.15) is 0 Å². The van der Waals surface area contributed by atoms with Crippen molar-refractivity contribution in [1.29, 1.82) is 0 Å². The summed E-state index contributed by atoms with van der Waals surface area (Å²) in [6, 6.07) is 6.88. The smallest absolute Gasteiger partial charge is 0.317 e. The Bertz CT molecular complexity index is 507. The van der Waals surface area contributed by atoms with E-state index in [2.05, 4.69) is 5.32 Å². The summed E-state index contributed by atoms with van der Waals surface area (Å²) in [4.78, 5) is 24.3. The first-order chi connectivity index (χ1) is 9.85. The average molecular weight is 313 g/mol. The molecule has 1 aromatic rings. The molecule has 0 fully saturated rings. The lowest BCUT2D eigenvalue weighted by atomic mass is 10.0.